The lowest BCUT2D eigenvalue weighted by molar-refractivity contribution is -0.131. The summed E-state index contributed by atoms with van der Waals surface area (Å²) in [7, 11) is 4.13. The van der Waals surface area contributed by atoms with E-state index in [1.54, 1.807) is 6.92 Å². The largest absolute Gasteiger partial charge is 0.478 e. The number of nitrogens with zero attached hydrogens (tertiary/aromatic N) is 1. The summed E-state index contributed by atoms with van der Waals surface area (Å²) in [5.74, 6) is -0.912. The average Bonchev–Trinajstić information content (AvgIpc) is 2.45. The Hall–Kier alpha value is -2.29. The summed E-state index contributed by atoms with van der Waals surface area (Å²) in [6.45, 7) is 8.24. The summed E-state index contributed by atoms with van der Waals surface area (Å²) in [4.78, 5) is 12.7. The molecule has 130 valence electrons. The Bertz CT molecular complexity index is 656. The second-order valence-corrected chi connectivity index (χ2v) is 6.55. The van der Waals surface area contributed by atoms with Crippen molar-refractivity contribution in [2.24, 2.45) is 0 Å². The number of carbonyl (C=O) groups is 1. The van der Waals surface area contributed by atoms with Gasteiger partial charge in [0.2, 0.25) is 0 Å². The first-order chi connectivity index (χ1) is 11.2. The molecule has 0 saturated carbocycles. The molecule has 0 atom stereocenters. The van der Waals surface area contributed by atoms with Gasteiger partial charge in [-0.3, -0.25) is 0 Å². The summed E-state index contributed by atoms with van der Waals surface area (Å²) < 4.78 is 0. The standard InChI is InChI=1S/C21H29NO2/c1-15(8-7-9-16(2)12-21(23)24)10-11-20-17(3)13-19(22(5)6)14-18(20)4/h7-9,12-14H,10-11H2,1-6H3,(H,23,24)/b9-7+,15-8+,16-12+. The van der Waals surface area contributed by atoms with E-state index in [1.165, 1.54) is 34.0 Å². The molecule has 0 aromatic heterocycles. The highest BCUT2D eigenvalue weighted by atomic mass is 16.4. The van der Waals surface area contributed by atoms with Gasteiger partial charge in [-0.25, -0.2) is 4.79 Å². The molecule has 1 aromatic rings. The van der Waals surface area contributed by atoms with Crippen molar-refractivity contribution in [1.29, 1.82) is 0 Å². The third kappa shape index (κ3) is 6.45. The van der Waals surface area contributed by atoms with Crippen molar-refractivity contribution in [1.82, 2.24) is 0 Å². The first-order valence-electron chi connectivity index (χ1n) is 8.23. The van der Waals surface area contributed by atoms with Gasteiger partial charge in [0.1, 0.15) is 0 Å². The van der Waals surface area contributed by atoms with Crippen LogP contribution < -0.4 is 4.90 Å². The maximum Gasteiger partial charge on any atom is 0.328 e. The van der Waals surface area contributed by atoms with Gasteiger partial charge in [-0.1, -0.05) is 23.8 Å². The summed E-state index contributed by atoms with van der Waals surface area (Å²) in [5, 5.41) is 8.68. The Balaban J connectivity index is 2.74. The molecule has 0 bridgehead atoms. The van der Waals surface area contributed by atoms with Gasteiger partial charge >= 0.3 is 5.97 Å². The van der Waals surface area contributed by atoms with Crippen molar-refractivity contribution in [3.05, 3.63) is 64.3 Å². The molecular weight excluding hydrogens is 298 g/mol. The van der Waals surface area contributed by atoms with E-state index in [4.69, 9.17) is 5.11 Å². The van der Waals surface area contributed by atoms with Crippen molar-refractivity contribution in [3.8, 4) is 0 Å². The molecule has 0 aliphatic carbocycles. The summed E-state index contributed by atoms with van der Waals surface area (Å²) in [6, 6.07) is 4.47. The zero-order chi connectivity index (χ0) is 18.3. The molecule has 0 unspecified atom stereocenters. The molecule has 0 radical (unpaired) electrons. The lowest BCUT2D eigenvalue weighted by atomic mass is 9.95. The van der Waals surface area contributed by atoms with Gasteiger partial charge in [0.15, 0.2) is 0 Å². The van der Waals surface area contributed by atoms with E-state index in [0.29, 0.717) is 0 Å². The number of aryl methyl sites for hydroxylation is 2. The van der Waals surface area contributed by atoms with Gasteiger partial charge in [-0.05, 0) is 74.9 Å². The van der Waals surface area contributed by atoms with Crippen LogP contribution in [-0.2, 0) is 11.2 Å². The van der Waals surface area contributed by atoms with E-state index in [1.807, 2.05) is 12.2 Å². The highest BCUT2D eigenvalue weighted by Crippen LogP contribution is 2.24. The third-order valence-corrected chi connectivity index (χ3v) is 4.06. The Labute approximate surface area is 146 Å². The zero-order valence-corrected chi connectivity index (χ0v) is 15.7. The molecule has 0 spiro atoms. The van der Waals surface area contributed by atoms with E-state index in [9.17, 15) is 4.79 Å². The first-order valence-corrected chi connectivity index (χ1v) is 8.23. The van der Waals surface area contributed by atoms with Crippen LogP contribution in [0.5, 0.6) is 0 Å². The number of hydrogen-bond donors (Lipinski definition) is 1. The molecule has 1 N–H and O–H groups in total. The summed E-state index contributed by atoms with van der Waals surface area (Å²) in [6.07, 6.45) is 9.01. The van der Waals surface area contributed by atoms with Crippen LogP contribution in [0.4, 0.5) is 5.69 Å². The van der Waals surface area contributed by atoms with Gasteiger partial charge < -0.3 is 10.0 Å². The van der Waals surface area contributed by atoms with Crippen molar-refractivity contribution >= 4 is 11.7 Å². The monoisotopic (exact) mass is 327 g/mol. The molecule has 0 saturated heterocycles. The molecule has 0 amide bonds. The number of benzene rings is 1. The van der Waals surface area contributed by atoms with Crippen LogP contribution in [0, 0.1) is 13.8 Å². The van der Waals surface area contributed by atoms with Gasteiger partial charge in [0.05, 0.1) is 0 Å². The normalized spacial score (nSPS) is 12.8. The van der Waals surface area contributed by atoms with Crippen LogP contribution in [0.3, 0.4) is 0 Å². The molecule has 24 heavy (non-hydrogen) atoms. The predicted octanol–water partition coefficient (Wildman–Crippen LogP) is 4.84. The maximum absolute atomic E-state index is 10.6. The molecule has 3 heteroatoms. The van der Waals surface area contributed by atoms with Crippen molar-refractivity contribution < 1.29 is 9.90 Å². The van der Waals surface area contributed by atoms with Crippen LogP contribution in [0.1, 0.15) is 37.0 Å². The van der Waals surface area contributed by atoms with Gasteiger partial charge in [0.25, 0.3) is 0 Å². The van der Waals surface area contributed by atoms with E-state index >= 15 is 0 Å². The highest BCUT2D eigenvalue weighted by molar-refractivity contribution is 5.81. The number of carboxylic acid groups (broad SMARTS) is 1. The van der Waals surface area contributed by atoms with E-state index in [-0.39, 0.29) is 0 Å². The fraction of sp³-hybridized carbons (Fsp3) is 0.381. The number of allylic oxidation sites excluding steroid dienone is 5. The SMILES string of the molecule is CC(/C=C/C=C(\C)CCc1c(C)cc(N(C)C)cc1C)=C\C(=O)O. The predicted molar refractivity (Wildman–Crippen MR) is 103 cm³/mol. The number of anilines is 1. The fourth-order valence-electron chi connectivity index (χ4n) is 2.64. The quantitative estimate of drug-likeness (QED) is 0.576. The molecule has 3 nitrogen and oxygen atoms in total. The molecule has 1 rings (SSSR count). The molecule has 0 aliphatic rings. The van der Waals surface area contributed by atoms with Gasteiger partial charge in [-0.2, -0.15) is 0 Å². The van der Waals surface area contributed by atoms with Crippen LogP contribution >= 0.6 is 0 Å². The van der Waals surface area contributed by atoms with Crippen LogP contribution in [-0.4, -0.2) is 25.2 Å². The molecular formula is C21H29NO2. The van der Waals surface area contributed by atoms with E-state index < -0.39 is 5.97 Å². The topological polar surface area (TPSA) is 40.5 Å². The zero-order valence-electron chi connectivity index (χ0n) is 15.7. The van der Waals surface area contributed by atoms with E-state index in [2.05, 4.69) is 58.0 Å². The number of aliphatic carboxylic acids is 1. The van der Waals surface area contributed by atoms with Crippen molar-refractivity contribution in [3.63, 3.8) is 0 Å². The maximum atomic E-state index is 10.6. The first kappa shape index (κ1) is 19.8. The van der Waals surface area contributed by atoms with Crippen molar-refractivity contribution in [2.45, 2.75) is 40.5 Å². The Morgan fingerprint density at radius 2 is 1.75 bits per heavy atom. The van der Waals surface area contributed by atoms with Gasteiger partial charge in [-0.15, -0.1) is 0 Å². The number of carboxylic acids is 1. The summed E-state index contributed by atoms with van der Waals surface area (Å²) >= 11 is 0. The molecule has 1 aromatic carbocycles. The average molecular weight is 327 g/mol. The Morgan fingerprint density at radius 3 is 2.25 bits per heavy atom. The van der Waals surface area contributed by atoms with Crippen LogP contribution in [0.25, 0.3) is 0 Å². The molecule has 0 heterocycles. The smallest absolute Gasteiger partial charge is 0.328 e. The number of rotatable bonds is 7. The van der Waals surface area contributed by atoms with Gasteiger partial charge in [0, 0.05) is 25.9 Å². The highest BCUT2D eigenvalue weighted by Gasteiger charge is 2.06. The summed E-state index contributed by atoms with van der Waals surface area (Å²) in [5.41, 5.74) is 7.34. The van der Waals surface area contributed by atoms with Crippen molar-refractivity contribution in [2.75, 3.05) is 19.0 Å². The van der Waals surface area contributed by atoms with Crippen LogP contribution in [0.15, 0.2) is 47.6 Å². The minimum Gasteiger partial charge on any atom is -0.478 e. The van der Waals surface area contributed by atoms with E-state index in [0.717, 1.165) is 18.4 Å². The lowest BCUT2D eigenvalue weighted by Crippen LogP contribution is -2.10. The number of hydrogen-bond acceptors (Lipinski definition) is 2. The minimum absolute atomic E-state index is 0.734. The Morgan fingerprint density at radius 1 is 1.17 bits per heavy atom. The second-order valence-electron chi connectivity index (χ2n) is 6.55. The third-order valence-electron chi connectivity index (χ3n) is 4.06. The van der Waals surface area contributed by atoms with Crippen LogP contribution in [0.2, 0.25) is 0 Å². The second kappa shape index (κ2) is 9.11. The minimum atomic E-state index is -0.912. The lowest BCUT2D eigenvalue weighted by Gasteiger charge is -2.18. The molecule has 0 aliphatic heterocycles. The Kier molecular flexibility index (Phi) is 7.50. The molecule has 0 fully saturated rings. The fourth-order valence-corrected chi connectivity index (χ4v) is 2.64.